The number of carbonyl (C=O) groups excluding carboxylic acids is 2. The molecule has 0 radical (unpaired) electrons. The summed E-state index contributed by atoms with van der Waals surface area (Å²) in [5, 5.41) is 2.89. The van der Waals surface area contributed by atoms with Crippen LogP contribution in [0.15, 0.2) is 42.5 Å². The number of benzene rings is 2. The van der Waals surface area contributed by atoms with Gasteiger partial charge >= 0.3 is 5.97 Å². The molecule has 8 heteroatoms. The van der Waals surface area contributed by atoms with Crippen molar-refractivity contribution in [1.82, 2.24) is 0 Å². The van der Waals surface area contributed by atoms with Crippen LogP contribution in [-0.2, 0) is 9.53 Å². The Balaban J connectivity index is 1.72. The molecule has 3 rings (SSSR count). The lowest BCUT2D eigenvalue weighted by molar-refractivity contribution is -0.880. The number of hydrogen-bond acceptors (Lipinski definition) is 6. The highest BCUT2D eigenvalue weighted by Gasteiger charge is 2.21. The summed E-state index contributed by atoms with van der Waals surface area (Å²) in [6.07, 6.45) is 0. The van der Waals surface area contributed by atoms with Gasteiger partial charge in [0.1, 0.15) is 11.5 Å². The van der Waals surface area contributed by atoms with Crippen LogP contribution in [0, 0.1) is 0 Å². The number of hydrogen-bond donors (Lipinski definition) is 2. The highest BCUT2D eigenvalue weighted by molar-refractivity contribution is 5.98. The third kappa shape index (κ3) is 5.42. The lowest BCUT2D eigenvalue weighted by Crippen LogP contribution is -3.12. The molecule has 1 saturated heterocycles. The first-order valence-corrected chi connectivity index (χ1v) is 9.85. The number of nitrogens with zero attached hydrogens (tertiary/aromatic N) is 1. The van der Waals surface area contributed by atoms with E-state index in [0.717, 1.165) is 31.9 Å². The van der Waals surface area contributed by atoms with E-state index >= 15 is 0 Å². The Hall–Kier alpha value is -3.26. The Morgan fingerprint density at radius 1 is 1.03 bits per heavy atom. The average Bonchev–Trinajstić information content (AvgIpc) is 2.78. The monoisotopic (exact) mass is 414 g/mol. The molecule has 1 fully saturated rings. The van der Waals surface area contributed by atoms with Crippen LogP contribution in [0.4, 0.5) is 11.4 Å². The fourth-order valence-corrected chi connectivity index (χ4v) is 3.29. The first kappa shape index (κ1) is 21.4. The molecule has 0 saturated carbocycles. The van der Waals surface area contributed by atoms with Gasteiger partial charge in [-0.3, -0.25) is 4.79 Å². The van der Waals surface area contributed by atoms with Gasteiger partial charge in [0.25, 0.3) is 5.91 Å². The SMILES string of the molecule is COC(=O)c1ccc(N2CC[NH+](C)CC2)c(NC(=O)COc2ccc(OC)cc2)c1. The number of likely N-dealkylation sites (N-methyl/N-ethyl adjacent to an activating group) is 1. The number of nitrogens with one attached hydrogen (secondary N) is 2. The summed E-state index contributed by atoms with van der Waals surface area (Å²) in [5.74, 6) is 0.518. The molecule has 1 aliphatic rings. The summed E-state index contributed by atoms with van der Waals surface area (Å²) in [6, 6.07) is 12.2. The highest BCUT2D eigenvalue weighted by Crippen LogP contribution is 2.28. The average molecular weight is 414 g/mol. The van der Waals surface area contributed by atoms with Crippen LogP contribution in [0.3, 0.4) is 0 Å². The van der Waals surface area contributed by atoms with Crippen molar-refractivity contribution in [2.24, 2.45) is 0 Å². The van der Waals surface area contributed by atoms with Gasteiger partial charge in [0.15, 0.2) is 6.61 Å². The minimum atomic E-state index is -0.450. The first-order chi connectivity index (χ1) is 14.5. The van der Waals surface area contributed by atoms with Gasteiger partial charge in [-0.2, -0.15) is 0 Å². The van der Waals surface area contributed by atoms with Crippen molar-refractivity contribution in [2.45, 2.75) is 0 Å². The summed E-state index contributed by atoms with van der Waals surface area (Å²) >= 11 is 0. The van der Waals surface area contributed by atoms with Crippen LogP contribution in [0.5, 0.6) is 11.5 Å². The van der Waals surface area contributed by atoms with Crippen molar-refractivity contribution < 1.29 is 28.7 Å². The van der Waals surface area contributed by atoms with Crippen molar-refractivity contribution >= 4 is 23.3 Å². The number of piperazine rings is 1. The Morgan fingerprint density at radius 2 is 1.70 bits per heavy atom. The number of ether oxygens (including phenoxy) is 3. The Morgan fingerprint density at radius 3 is 2.33 bits per heavy atom. The molecule has 0 unspecified atom stereocenters. The minimum Gasteiger partial charge on any atom is -0.497 e. The summed E-state index contributed by atoms with van der Waals surface area (Å²) in [6.45, 7) is 3.60. The van der Waals surface area contributed by atoms with Crippen molar-refractivity contribution in [3.8, 4) is 11.5 Å². The van der Waals surface area contributed by atoms with Crippen LogP contribution < -0.4 is 24.6 Å². The number of anilines is 2. The van der Waals surface area contributed by atoms with Gasteiger partial charge < -0.3 is 29.3 Å². The molecular weight excluding hydrogens is 386 g/mol. The fourth-order valence-electron chi connectivity index (χ4n) is 3.29. The molecule has 0 atom stereocenters. The van der Waals surface area contributed by atoms with E-state index in [1.54, 1.807) is 43.5 Å². The third-order valence-corrected chi connectivity index (χ3v) is 5.08. The summed E-state index contributed by atoms with van der Waals surface area (Å²) < 4.78 is 15.5. The smallest absolute Gasteiger partial charge is 0.337 e. The molecule has 1 aliphatic heterocycles. The third-order valence-electron chi connectivity index (χ3n) is 5.08. The number of carbonyl (C=O) groups is 2. The van der Waals surface area contributed by atoms with E-state index in [1.165, 1.54) is 12.0 Å². The molecule has 0 bridgehead atoms. The zero-order valence-electron chi connectivity index (χ0n) is 17.6. The van der Waals surface area contributed by atoms with Crippen molar-refractivity contribution in [2.75, 3.05) is 64.3 Å². The van der Waals surface area contributed by atoms with E-state index in [4.69, 9.17) is 14.2 Å². The maximum Gasteiger partial charge on any atom is 0.337 e. The quantitative estimate of drug-likeness (QED) is 0.654. The second kappa shape index (κ2) is 9.98. The van der Waals surface area contributed by atoms with E-state index < -0.39 is 5.97 Å². The standard InChI is InChI=1S/C22H27N3O5/c1-24-10-12-25(13-11-24)20-9-4-16(22(27)29-3)14-19(20)23-21(26)15-30-18-7-5-17(28-2)6-8-18/h4-9,14H,10-13,15H2,1-3H3,(H,23,26)/p+1. The Bertz CT molecular complexity index is 877. The maximum absolute atomic E-state index is 12.5. The Labute approximate surface area is 176 Å². The van der Waals surface area contributed by atoms with E-state index in [2.05, 4.69) is 17.3 Å². The summed E-state index contributed by atoms with van der Waals surface area (Å²) in [5.41, 5.74) is 1.83. The van der Waals surface area contributed by atoms with Crippen LogP contribution in [0.25, 0.3) is 0 Å². The molecule has 2 aromatic rings. The first-order valence-electron chi connectivity index (χ1n) is 9.85. The fraction of sp³-hybridized carbons (Fsp3) is 0.364. The molecule has 0 aliphatic carbocycles. The molecule has 1 heterocycles. The number of rotatable bonds is 7. The van der Waals surface area contributed by atoms with Crippen molar-refractivity contribution in [3.05, 3.63) is 48.0 Å². The van der Waals surface area contributed by atoms with Gasteiger partial charge in [-0.05, 0) is 42.5 Å². The topological polar surface area (TPSA) is 81.5 Å². The lowest BCUT2D eigenvalue weighted by atomic mass is 10.1. The van der Waals surface area contributed by atoms with Gasteiger partial charge in [-0.25, -0.2) is 4.79 Å². The van der Waals surface area contributed by atoms with E-state index in [1.807, 2.05) is 6.07 Å². The number of esters is 1. The molecule has 160 valence electrons. The molecule has 2 aromatic carbocycles. The van der Waals surface area contributed by atoms with Crippen LogP contribution >= 0.6 is 0 Å². The minimum absolute atomic E-state index is 0.152. The zero-order valence-corrected chi connectivity index (χ0v) is 17.6. The predicted molar refractivity (Wildman–Crippen MR) is 114 cm³/mol. The molecule has 2 N–H and O–H groups in total. The second-order valence-corrected chi connectivity index (χ2v) is 7.18. The molecule has 30 heavy (non-hydrogen) atoms. The van der Waals surface area contributed by atoms with Gasteiger partial charge in [0, 0.05) is 0 Å². The lowest BCUT2D eigenvalue weighted by Gasteiger charge is -2.33. The van der Waals surface area contributed by atoms with Gasteiger partial charge in [0.05, 0.1) is 64.4 Å². The van der Waals surface area contributed by atoms with Crippen molar-refractivity contribution in [1.29, 1.82) is 0 Å². The number of methoxy groups -OCH3 is 2. The molecule has 8 nitrogen and oxygen atoms in total. The number of quaternary nitrogens is 1. The van der Waals surface area contributed by atoms with E-state index in [0.29, 0.717) is 22.7 Å². The van der Waals surface area contributed by atoms with Crippen LogP contribution in [-0.4, -0.2) is 65.9 Å². The van der Waals surface area contributed by atoms with Crippen molar-refractivity contribution in [3.63, 3.8) is 0 Å². The number of amides is 1. The summed E-state index contributed by atoms with van der Waals surface area (Å²) in [4.78, 5) is 28.2. The second-order valence-electron chi connectivity index (χ2n) is 7.18. The molecule has 0 aromatic heterocycles. The van der Waals surface area contributed by atoms with E-state index in [9.17, 15) is 9.59 Å². The predicted octanol–water partition coefficient (Wildman–Crippen LogP) is 0.834. The molecular formula is C22H28N3O5+. The Kier molecular flexibility index (Phi) is 7.13. The largest absolute Gasteiger partial charge is 0.497 e. The molecule has 0 spiro atoms. The normalized spacial score (nSPS) is 14.2. The van der Waals surface area contributed by atoms with Crippen LogP contribution in [0.2, 0.25) is 0 Å². The van der Waals surface area contributed by atoms with Crippen LogP contribution in [0.1, 0.15) is 10.4 Å². The highest BCUT2D eigenvalue weighted by atomic mass is 16.5. The summed E-state index contributed by atoms with van der Waals surface area (Å²) in [7, 11) is 5.09. The van der Waals surface area contributed by atoms with Gasteiger partial charge in [0.2, 0.25) is 0 Å². The molecule has 1 amide bonds. The van der Waals surface area contributed by atoms with Gasteiger partial charge in [-0.1, -0.05) is 0 Å². The zero-order chi connectivity index (χ0) is 21.5. The maximum atomic E-state index is 12.5. The van der Waals surface area contributed by atoms with Gasteiger partial charge in [-0.15, -0.1) is 0 Å². The van der Waals surface area contributed by atoms with E-state index in [-0.39, 0.29) is 12.5 Å².